The summed E-state index contributed by atoms with van der Waals surface area (Å²) in [6.45, 7) is 4.70. The number of hydrogen-bond donors (Lipinski definition) is 0. The second kappa shape index (κ2) is 3.27. The van der Waals surface area contributed by atoms with Crippen molar-refractivity contribution in [2.24, 2.45) is 17.8 Å². The summed E-state index contributed by atoms with van der Waals surface area (Å²) in [6, 6.07) is 2.71. The quantitative estimate of drug-likeness (QED) is 0.630. The highest BCUT2D eigenvalue weighted by molar-refractivity contribution is 5.79. The molecule has 2 rings (SSSR count). The van der Waals surface area contributed by atoms with Crippen LogP contribution in [0.1, 0.15) is 26.7 Å². The number of carbonyl (C=O) groups is 1. The molecule has 2 fully saturated rings. The number of fused-ring (bicyclic) bond motifs is 2. The molecule has 0 spiro atoms. The predicted octanol–water partition coefficient (Wildman–Crippen LogP) is 1.40. The molecule has 0 aromatic carbocycles. The van der Waals surface area contributed by atoms with Crippen molar-refractivity contribution in [1.82, 2.24) is 4.90 Å². The molecule has 3 unspecified atom stereocenters. The third kappa shape index (κ3) is 1.30. The van der Waals surface area contributed by atoms with E-state index in [1.807, 2.05) is 18.7 Å². The van der Waals surface area contributed by atoms with Crippen molar-refractivity contribution in [1.29, 1.82) is 5.26 Å². The first-order valence-electron chi connectivity index (χ1n) is 5.33. The van der Waals surface area contributed by atoms with E-state index in [4.69, 9.17) is 5.26 Å². The second-order valence-corrected chi connectivity index (χ2v) is 4.77. The van der Waals surface area contributed by atoms with Gasteiger partial charge in [0.15, 0.2) is 0 Å². The zero-order chi connectivity index (χ0) is 10.3. The van der Waals surface area contributed by atoms with Crippen LogP contribution in [0.2, 0.25) is 0 Å². The molecule has 14 heavy (non-hydrogen) atoms. The average Bonchev–Trinajstić information content (AvgIpc) is 2.74. The van der Waals surface area contributed by atoms with Crippen LogP contribution < -0.4 is 0 Å². The Morgan fingerprint density at radius 1 is 1.50 bits per heavy atom. The topological polar surface area (TPSA) is 44.1 Å². The van der Waals surface area contributed by atoms with Crippen LogP contribution in [-0.4, -0.2) is 23.4 Å². The fourth-order valence-corrected chi connectivity index (χ4v) is 2.71. The molecule has 0 radical (unpaired) electrons. The number of amides is 1. The molecule has 1 heterocycles. The lowest BCUT2D eigenvalue weighted by atomic mass is 9.96. The molecule has 1 aliphatic heterocycles. The first kappa shape index (κ1) is 9.51. The van der Waals surface area contributed by atoms with E-state index in [1.165, 1.54) is 0 Å². The average molecular weight is 192 g/mol. The minimum atomic E-state index is 0.0925. The normalized spacial score (nSPS) is 35.0. The number of nitriles is 1. The highest BCUT2D eigenvalue weighted by Gasteiger charge is 2.46. The molecular weight excluding hydrogens is 176 g/mol. The lowest BCUT2D eigenvalue weighted by Crippen LogP contribution is -2.41. The molecule has 1 saturated heterocycles. The van der Waals surface area contributed by atoms with Gasteiger partial charge in [0, 0.05) is 18.5 Å². The number of piperidine rings is 1. The van der Waals surface area contributed by atoms with Gasteiger partial charge in [0.05, 0.1) is 12.0 Å². The first-order valence-corrected chi connectivity index (χ1v) is 5.33. The molecule has 3 heteroatoms. The van der Waals surface area contributed by atoms with E-state index in [1.54, 1.807) is 0 Å². The van der Waals surface area contributed by atoms with Gasteiger partial charge < -0.3 is 4.90 Å². The minimum Gasteiger partial charge on any atom is -0.339 e. The first-order chi connectivity index (χ1) is 6.63. The highest BCUT2D eigenvalue weighted by Crippen LogP contribution is 2.42. The van der Waals surface area contributed by atoms with Gasteiger partial charge in [-0.25, -0.2) is 0 Å². The van der Waals surface area contributed by atoms with Crippen molar-refractivity contribution in [3.05, 3.63) is 0 Å². The maximum Gasteiger partial charge on any atom is 0.225 e. The minimum absolute atomic E-state index is 0.0925. The standard InChI is InChI=1S/C11H16N2O/c1-7(2)11(14)13-6-9-4-10(13)3-8(9)5-12/h7-10H,3-4,6H2,1-2H3. The van der Waals surface area contributed by atoms with Crippen molar-refractivity contribution in [3.63, 3.8) is 0 Å². The molecule has 0 aromatic rings. The summed E-state index contributed by atoms with van der Waals surface area (Å²) in [5, 5.41) is 8.87. The van der Waals surface area contributed by atoms with Gasteiger partial charge in [-0.3, -0.25) is 4.79 Å². The third-order valence-electron chi connectivity index (χ3n) is 3.48. The van der Waals surface area contributed by atoms with E-state index in [0.717, 1.165) is 19.4 Å². The number of nitrogens with zero attached hydrogens (tertiary/aromatic N) is 2. The number of likely N-dealkylation sites (tertiary alicyclic amines) is 1. The molecule has 3 nitrogen and oxygen atoms in total. The molecule has 2 aliphatic rings. The Kier molecular flexibility index (Phi) is 2.22. The fourth-order valence-electron chi connectivity index (χ4n) is 2.71. The number of hydrogen-bond acceptors (Lipinski definition) is 2. The molecule has 2 bridgehead atoms. The van der Waals surface area contributed by atoms with E-state index in [0.29, 0.717) is 12.0 Å². The van der Waals surface area contributed by atoms with Gasteiger partial charge in [0.2, 0.25) is 5.91 Å². The summed E-state index contributed by atoms with van der Waals surface area (Å²) >= 11 is 0. The van der Waals surface area contributed by atoms with Crippen LogP contribution in [0, 0.1) is 29.1 Å². The SMILES string of the molecule is CC(C)C(=O)N1CC2CC1CC2C#N. The molecular formula is C11H16N2O. The second-order valence-electron chi connectivity index (χ2n) is 4.77. The summed E-state index contributed by atoms with van der Waals surface area (Å²) in [6.07, 6.45) is 1.95. The summed E-state index contributed by atoms with van der Waals surface area (Å²) < 4.78 is 0. The fraction of sp³-hybridized carbons (Fsp3) is 0.818. The summed E-state index contributed by atoms with van der Waals surface area (Å²) in [7, 11) is 0. The number of rotatable bonds is 1. The Bertz CT molecular complexity index is 292. The van der Waals surface area contributed by atoms with Gasteiger partial charge in [-0.1, -0.05) is 13.8 Å². The Morgan fingerprint density at radius 2 is 2.21 bits per heavy atom. The van der Waals surface area contributed by atoms with Gasteiger partial charge in [-0.15, -0.1) is 0 Å². The van der Waals surface area contributed by atoms with Crippen LogP contribution >= 0.6 is 0 Å². The van der Waals surface area contributed by atoms with E-state index >= 15 is 0 Å². The van der Waals surface area contributed by atoms with Gasteiger partial charge in [0.25, 0.3) is 0 Å². The lowest BCUT2D eigenvalue weighted by molar-refractivity contribution is -0.136. The Morgan fingerprint density at radius 3 is 2.64 bits per heavy atom. The molecule has 1 saturated carbocycles. The van der Waals surface area contributed by atoms with Crippen LogP contribution in [-0.2, 0) is 4.79 Å². The zero-order valence-electron chi connectivity index (χ0n) is 8.73. The van der Waals surface area contributed by atoms with E-state index < -0.39 is 0 Å². The van der Waals surface area contributed by atoms with Crippen LogP contribution in [0.15, 0.2) is 0 Å². The van der Waals surface area contributed by atoms with Gasteiger partial charge in [-0.2, -0.15) is 5.26 Å². The van der Waals surface area contributed by atoms with E-state index in [-0.39, 0.29) is 17.7 Å². The van der Waals surface area contributed by atoms with Gasteiger partial charge >= 0.3 is 0 Å². The van der Waals surface area contributed by atoms with Crippen molar-refractivity contribution in [2.45, 2.75) is 32.7 Å². The summed E-state index contributed by atoms with van der Waals surface area (Å²) in [5.41, 5.74) is 0. The van der Waals surface area contributed by atoms with Crippen LogP contribution in [0.3, 0.4) is 0 Å². The van der Waals surface area contributed by atoms with E-state index in [9.17, 15) is 4.79 Å². The molecule has 0 aromatic heterocycles. The third-order valence-corrected chi connectivity index (χ3v) is 3.48. The van der Waals surface area contributed by atoms with Crippen LogP contribution in [0.5, 0.6) is 0 Å². The molecule has 1 amide bonds. The highest BCUT2D eigenvalue weighted by atomic mass is 16.2. The van der Waals surface area contributed by atoms with Crippen LogP contribution in [0.4, 0.5) is 0 Å². The largest absolute Gasteiger partial charge is 0.339 e. The van der Waals surface area contributed by atoms with Crippen molar-refractivity contribution in [3.8, 4) is 6.07 Å². The Labute approximate surface area is 84.7 Å². The van der Waals surface area contributed by atoms with Crippen molar-refractivity contribution < 1.29 is 4.79 Å². The smallest absolute Gasteiger partial charge is 0.225 e. The number of carbonyl (C=O) groups excluding carboxylic acids is 1. The van der Waals surface area contributed by atoms with Crippen molar-refractivity contribution in [2.75, 3.05) is 6.54 Å². The van der Waals surface area contributed by atoms with Gasteiger partial charge in [-0.05, 0) is 18.8 Å². The van der Waals surface area contributed by atoms with E-state index in [2.05, 4.69) is 6.07 Å². The summed E-state index contributed by atoms with van der Waals surface area (Å²) in [4.78, 5) is 13.8. The lowest BCUT2D eigenvalue weighted by Gasteiger charge is -2.30. The predicted molar refractivity (Wildman–Crippen MR) is 52.2 cm³/mol. The Balaban J connectivity index is 2.04. The molecule has 76 valence electrons. The molecule has 3 atom stereocenters. The molecule has 1 aliphatic carbocycles. The Hall–Kier alpha value is -1.04. The van der Waals surface area contributed by atoms with Crippen molar-refractivity contribution >= 4 is 5.91 Å². The summed E-state index contributed by atoms with van der Waals surface area (Å²) in [5.74, 6) is 1.01. The maximum atomic E-state index is 11.8. The van der Waals surface area contributed by atoms with Crippen LogP contribution in [0.25, 0.3) is 0 Å². The molecule has 0 N–H and O–H groups in total. The monoisotopic (exact) mass is 192 g/mol. The maximum absolute atomic E-state index is 11.8. The zero-order valence-corrected chi connectivity index (χ0v) is 8.73. The van der Waals surface area contributed by atoms with Gasteiger partial charge in [0.1, 0.15) is 0 Å².